The van der Waals surface area contributed by atoms with Gasteiger partial charge in [-0.1, -0.05) is 29.8 Å². The van der Waals surface area contributed by atoms with Crippen LogP contribution < -0.4 is 10.6 Å². The van der Waals surface area contributed by atoms with E-state index < -0.39 is 0 Å². The molecule has 2 N–H and O–H groups in total. The van der Waals surface area contributed by atoms with Crippen molar-refractivity contribution in [3.05, 3.63) is 35.4 Å². The number of hydrogen-bond acceptors (Lipinski definition) is 4. The summed E-state index contributed by atoms with van der Waals surface area (Å²) in [5.41, 5.74) is 2.57. The number of urea groups is 1. The van der Waals surface area contributed by atoms with Gasteiger partial charge in [-0.3, -0.25) is 0 Å². The summed E-state index contributed by atoms with van der Waals surface area (Å²) in [7, 11) is 0. The van der Waals surface area contributed by atoms with Crippen LogP contribution in [0.5, 0.6) is 0 Å². The molecule has 144 valence electrons. The first-order valence-electron chi connectivity index (χ1n) is 9.18. The molecule has 1 aromatic carbocycles. The molecular weight excluding hydrogens is 350 g/mol. The summed E-state index contributed by atoms with van der Waals surface area (Å²) in [4.78, 5) is 25.3. The Morgan fingerprint density at radius 1 is 1.23 bits per heavy atom. The summed E-state index contributed by atoms with van der Waals surface area (Å²) in [6.07, 6.45) is 1.25. The van der Waals surface area contributed by atoms with Crippen molar-refractivity contribution in [2.75, 3.05) is 32.0 Å². The third-order valence-electron chi connectivity index (χ3n) is 4.28. The fourth-order valence-electron chi connectivity index (χ4n) is 2.77. The summed E-state index contributed by atoms with van der Waals surface area (Å²) in [6, 6.07) is 8.51. The summed E-state index contributed by atoms with van der Waals surface area (Å²) >= 11 is 1.81. The first kappa shape index (κ1) is 20.4. The average Bonchev–Trinajstić information content (AvgIpc) is 2.64. The molecule has 0 aliphatic carbocycles. The number of carbonyl (C=O) groups excluding carboxylic acids is 2. The molecule has 0 saturated carbocycles. The minimum Gasteiger partial charge on any atom is -0.450 e. The van der Waals surface area contributed by atoms with Gasteiger partial charge in [0.2, 0.25) is 0 Å². The monoisotopic (exact) mass is 379 g/mol. The van der Waals surface area contributed by atoms with Crippen molar-refractivity contribution in [2.24, 2.45) is 0 Å². The third kappa shape index (κ3) is 7.15. The zero-order valence-electron chi connectivity index (χ0n) is 15.6. The molecule has 3 amide bonds. The number of amides is 3. The Kier molecular flexibility index (Phi) is 8.61. The first-order valence-corrected chi connectivity index (χ1v) is 10.3. The number of benzene rings is 1. The number of ether oxygens (including phenoxy) is 1. The van der Waals surface area contributed by atoms with Crippen molar-refractivity contribution in [2.45, 2.75) is 38.5 Å². The lowest BCUT2D eigenvalue weighted by atomic mass is 10.1. The molecule has 1 fully saturated rings. The van der Waals surface area contributed by atoms with Gasteiger partial charge in [0.05, 0.1) is 6.61 Å². The number of thioether (sulfide) groups is 1. The molecule has 0 atom stereocenters. The van der Waals surface area contributed by atoms with Gasteiger partial charge in [0, 0.05) is 37.2 Å². The molecule has 7 heteroatoms. The van der Waals surface area contributed by atoms with Gasteiger partial charge >= 0.3 is 12.1 Å². The van der Waals surface area contributed by atoms with Gasteiger partial charge in [0.25, 0.3) is 0 Å². The average molecular weight is 380 g/mol. The summed E-state index contributed by atoms with van der Waals surface area (Å²) in [6.45, 7) is 6.16. The van der Waals surface area contributed by atoms with Gasteiger partial charge in [0.15, 0.2) is 0 Å². The Morgan fingerprint density at radius 2 is 1.92 bits per heavy atom. The molecule has 0 unspecified atom stereocenters. The largest absolute Gasteiger partial charge is 0.450 e. The van der Waals surface area contributed by atoms with E-state index in [1.165, 1.54) is 11.1 Å². The second-order valence-electron chi connectivity index (χ2n) is 6.40. The van der Waals surface area contributed by atoms with E-state index in [-0.39, 0.29) is 18.2 Å². The quantitative estimate of drug-likeness (QED) is 0.714. The van der Waals surface area contributed by atoms with Crippen LogP contribution in [-0.2, 0) is 10.5 Å². The lowest BCUT2D eigenvalue weighted by Crippen LogP contribution is -2.49. The normalized spacial score (nSPS) is 14.8. The summed E-state index contributed by atoms with van der Waals surface area (Å²) in [5, 5.41) is 5.89. The van der Waals surface area contributed by atoms with Gasteiger partial charge in [0.1, 0.15) is 0 Å². The number of carbonyl (C=O) groups is 2. The highest BCUT2D eigenvalue weighted by Gasteiger charge is 2.24. The van der Waals surface area contributed by atoms with E-state index in [9.17, 15) is 9.59 Å². The molecule has 0 bridgehead atoms. The first-order chi connectivity index (χ1) is 12.6. The molecule has 0 radical (unpaired) electrons. The molecule has 1 aliphatic rings. The van der Waals surface area contributed by atoms with Gasteiger partial charge in [-0.15, -0.1) is 0 Å². The van der Waals surface area contributed by atoms with Crippen LogP contribution in [0.2, 0.25) is 0 Å². The highest BCUT2D eigenvalue weighted by Crippen LogP contribution is 2.13. The Labute approximate surface area is 160 Å². The van der Waals surface area contributed by atoms with Crippen molar-refractivity contribution in [3.8, 4) is 0 Å². The number of hydrogen-bond donors (Lipinski definition) is 2. The second kappa shape index (κ2) is 11.0. The summed E-state index contributed by atoms with van der Waals surface area (Å²) < 4.78 is 5.00. The van der Waals surface area contributed by atoms with E-state index >= 15 is 0 Å². The number of piperidine rings is 1. The van der Waals surface area contributed by atoms with E-state index in [1.54, 1.807) is 11.8 Å². The van der Waals surface area contributed by atoms with Gasteiger partial charge in [-0.25, -0.2) is 9.59 Å². The molecular formula is C19H29N3O3S. The Hall–Kier alpha value is -1.89. The number of rotatable bonds is 7. The number of aryl methyl sites for hydroxylation is 1. The predicted octanol–water partition coefficient (Wildman–Crippen LogP) is 3.15. The molecule has 1 saturated heterocycles. The topological polar surface area (TPSA) is 70.7 Å². The Morgan fingerprint density at radius 3 is 2.58 bits per heavy atom. The van der Waals surface area contributed by atoms with Crippen LogP contribution in [0.15, 0.2) is 24.3 Å². The highest BCUT2D eigenvalue weighted by molar-refractivity contribution is 7.98. The molecule has 0 spiro atoms. The zero-order valence-corrected chi connectivity index (χ0v) is 16.4. The van der Waals surface area contributed by atoms with E-state index in [0.717, 1.165) is 24.3 Å². The lowest BCUT2D eigenvalue weighted by Gasteiger charge is -2.31. The maximum Gasteiger partial charge on any atom is 0.409 e. The van der Waals surface area contributed by atoms with Crippen molar-refractivity contribution in [1.82, 2.24) is 15.5 Å². The molecule has 2 rings (SSSR count). The number of likely N-dealkylation sites (tertiary alicyclic amines) is 1. The number of nitrogens with one attached hydrogen (secondary N) is 2. The molecule has 6 nitrogen and oxygen atoms in total. The van der Waals surface area contributed by atoms with Crippen LogP contribution in [0.1, 0.15) is 30.9 Å². The fraction of sp³-hybridized carbons (Fsp3) is 0.579. The van der Waals surface area contributed by atoms with E-state index in [1.807, 2.05) is 11.8 Å². The molecule has 1 aromatic rings. The van der Waals surface area contributed by atoms with Crippen LogP contribution >= 0.6 is 11.8 Å². The predicted molar refractivity (Wildman–Crippen MR) is 105 cm³/mol. The minimum atomic E-state index is -0.263. The Bertz CT molecular complexity index is 572. The van der Waals surface area contributed by atoms with Crippen molar-refractivity contribution in [3.63, 3.8) is 0 Å². The van der Waals surface area contributed by atoms with Crippen molar-refractivity contribution >= 4 is 23.9 Å². The fourth-order valence-corrected chi connectivity index (χ4v) is 3.59. The van der Waals surface area contributed by atoms with Gasteiger partial charge in [-0.05, 0) is 32.3 Å². The Balaban J connectivity index is 1.54. The maximum atomic E-state index is 12.0. The van der Waals surface area contributed by atoms with E-state index in [0.29, 0.717) is 26.2 Å². The minimum absolute atomic E-state index is 0.112. The van der Waals surface area contributed by atoms with E-state index in [4.69, 9.17) is 4.74 Å². The van der Waals surface area contributed by atoms with E-state index in [2.05, 4.69) is 41.8 Å². The standard InChI is InChI=1S/C19H29N3O3S/c1-3-25-19(24)22-11-8-17(9-12-22)21-18(23)20-10-13-26-14-16-6-4-15(2)5-7-16/h4-7,17H,3,8-14H2,1-2H3,(H2,20,21,23). The zero-order chi connectivity index (χ0) is 18.8. The van der Waals surface area contributed by atoms with Crippen LogP contribution in [0, 0.1) is 6.92 Å². The van der Waals surface area contributed by atoms with Crippen LogP contribution in [0.3, 0.4) is 0 Å². The summed E-state index contributed by atoms with van der Waals surface area (Å²) in [5.74, 6) is 1.83. The van der Waals surface area contributed by atoms with Crippen LogP contribution in [-0.4, -0.2) is 55.1 Å². The molecule has 0 aromatic heterocycles. The molecule has 1 aliphatic heterocycles. The smallest absolute Gasteiger partial charge is 0.409 e. The second-order valence-corrected chi connectivity index (χ2v) is 7.50. The number of nitrogens with zero attached hydrogens (tertiary/aromatic N) is 1. The van der Waals surface area contributed by atoms with Crippen LogP contribution in [0.4, 0.5) is 9.59 Å². The third-order valence-corrected chi connectivity index (χ3v) is 5.31. The van der Waals surface area contributed by atoms with Gasteiger partial charge < -0.3 is 20.3 Å². The van der Waals surface area contributed by atoms with Crippen molar-refractivity contribution < 1.29 is 14.3 Å². The molecule has 26 heavy (non-hydrogen) atoms. The van der Waals surface area contributed by atoms with Gasteiger partial charge in [-0.2, -0.15) is 11.8 Å². The van der Waals surface area contributed by atoms with Crippen LogP contribution in [0.25, 0.3) is 0 Å². The highest BCUT2D eigenvalue weighted by atomic mass is 32.2. The molecule has 1 heterocycles. The maximum absolute atomic E-state index is 12.0. The lowest BCUT2D eigenvalue weighted by molar-refractivity contribution is 0.0957. The van der Waals surface area contributed by atoms with Crippen molar-refractivity contribution in [1.29, 1.82) is 0 Å². The SMILES string of the molecule is CCOC(=O)N1CCC(NC(=O)NCCSCc2ccc(C)cc2)CC1.